The number of rotatable bonds is 6. The third-order valence-electron chi connectivity index (χ3n) is 2.98. The Morgan fingerprint density at radius 3 is 2.50 bits per heavy atom. The van der Waals surface area contributed by atoms with Gasteiger partial charge in [-0.25, -0.2) is 0 Å². The van der Waals surface area contributed by atoms with Crippen molar-refractivity contribution in [2.75, 3.05) is 52.9 Å². The SMILES string of the molecule is CN(CCC(F)(F)F)CC(O)CN1CCNCC1. The summed E-state index contributed by atoms with van der Waals surface area (Å²) in [5, 5.41) is 13.0. The minimum atomic E-state index is -4.13. The molecule has 108 valence electrons. The second kappa shape index (κ2) is 7.28. The molecule has 1 saturated heterocycles. The molecule has 0 aromatic rings. The molecule has 1 aliphatic heterocycles. The maximum absolute atomic E-state index is 12.0. The van der Waals surface area contributed by atoms with Crippen molar-refractivity contribution in [2.45, 2.75) is 18.7 Å². The first kappa shape index (κ1) is 15.7. The molecular formula is C11H22F3N3O. The van der Waals surface area contributed by atoms with Gasteiger partial charge >= 0.3 is 6.18 Å². The standard InChI is InChI=1S/C11H22F3N3O/c1-16(5-2-11(12,13)14)8-10(18)9-17-6-3-15-4-7-17/h10,15,18H,2-9H2,1H3. The third-order valence-corrected chi connectivity index (χ3v) is 2.98. The van der Waals surface area contributed by atoms with Gasteiger partial charge in [-0.15, -0.1) is 0 Å². The highest BCUT2D eigenvalue weighted by atomic mass is 19.4. The first-order chi connectivity index (χ1) is 8.37. The van der Waals surface area contributed by atoms with E-state index in [1.807, 2.05) is 0 Å². The van der Waals surface area contributed by atoms with E-state index in [9.17, 15) is 18.3 Å². The van der Waals surface area contributed by atoms with E-state index in [0.29, 0.717) is 6.54 Å². The number of likely N-dealkylation sites (N-methyl/N-ethyl adjacent to an activating group) is 1. The van der Waals surface area contributed by atoms with Crippen molar-refractivity contribution in [2.24, 2.45) is 0 Å². The maximum Gasteiger partial charge on any atom is 0.390 e. The molecule has 1 fully saturated rings. The number of piperazine rings is 1. The predicted octanol–water partition coefficient (Wildman–Crippen LogP) is 0.137. The van der Waals surface area contributed by atoms with Gasteiger partial charge in [0.05, 0.1) is 12.5 Å². The summed E-state index contributed by atoms with van der Waals surface area (Å²) in [7, 11) is 1.60. The van der Waals surface area contributed by atoms with Gasteiger partial charge in [0.2, 0.25) is 0 Å². The Bertz CT molecular complexity index is 232. The van der Waals surface area contributed by atoms with Gasteiger partial charge in [0.25, 0.3) is 0 Å². The Morgan fingerprint density at radius 1 is 1.33 bits per heavy atom. The summed E-state index contributed by atoms with van der Waals surface area (Å²) < 4.78 is 36.1. The van der Waals surface area contributed by atoms with Crippen LogP contribution >= 0.6 is 0 Å². The van der Waals surface area contributed by atoms with Gasteiger partial charge in [-0.05, 0) is 7.05 Å². The van der Waals surface area contributed by atoms with E-state index in [1.165, 1.54) is 4.90 Å². The maximum atomic E-state index is 12.0. The van der Waals surface area contributed by atoms with Crippen LogP contribution in [0, 0.1) is 0 Å². The minimum absolute atomic E-state index is 0.0673. The summed E-state index contributed by atoms with van der Waals surface area (Å²) in [6, 6.07) is 0. The lowest BCUT2D eigenvalue weighted by Gasteiger charge is -2.30. The number of nitrogens with zero attached hydrogens (tertiary/aromatic N) is 2. The zero-order chi connectivity index (χ0) is 13.6. The molecule has 1 heterocycles. The van der Waals surface area contributed by atoms with Crippen molar-refractivity contribution < 1.29 is 18.3 Å². The number of β-amino-alcohol motifs (C(OH)–C–C–N with tert-alkyl or cyclic N) is 1. The topological polar surface area (TPSA) is 38.7 Å². The summed E-state index contributed by atoms with van der Waals surface area (Å²) in [4.78, 5) is 3.65. The molecule has 0 radical (unpaired) electrons. The van der Waals surface area contributed by atoms with Gasteiger partial charge < -0.3 is 15.3 Å². The van der Waals surface area contributed by atoms with E-state index in [4.69, 9.17) is 0 Å². The Kier molecular flexibility index (Phi) is 6.34. The molecule has 1 unspecified atom stereocenters. The van der Waals surface area contributed by atoms with Crippen molar-refractivity contribution in [3.05, 3.63) is 0 Å². The fraction of sp³-hybridized carbons (Fsp3) is 1.00. The van der Waals surface area contributed by atoms with Crippen molar-refractivity contribution >= 4 is 0 Å². The summed E-state index contributed by atoms with van der Waals surface area (Å²) in [6.07, 6.45) is -5.55. The van der Waals surface area contributed by atoms with Gasteiger partial charge in [0.1, 0.15) is 0 Å². The molecule has 4 nitrogen and oxygen atoms in total. The summed E-state index contributed by atoms with van der Waals surface area (Å²) in [6.45, 7) is 4.29. The number of hydrogen-bond acceptors (Lipinski definition) is 4. The summed E-state index contributed by atoms with van der Waals surface area (Å²) in [5.41, 5.74) is 0. The molecule has 0 aromatic heterocycles. The van der Waals surface area contributed by atoms with Crippen LogP contribution in [-0.2, 0) is 0 Å². The van der Waals surface area contributed by atoms with Gasteiger partial charge in [0.15, 0.2) is 0 Å². The molecule has 7 heteroatoms. The zero-order valence-corrected chi connectivity index (χ0v) is 10.7. The van der Waals surface area contributed by atoms with Crippen molar-refractivity contribution in [1.82, 2.24) is 15.1 Å². The molecule has 0 aliphatic carbocycles. The quantitative estimate of drug-likeness (QED) is 0.719. The molecule has 0 spiro atoms. The molecule has 1 aliphatic rings. The van der Waals surface area contributed by atoms with Gasteiger partial charge in [0, 0.05) is 45.8 Å². The van der Waals surface area contributed by atoms with Crippen molar-refractivity contribution in [1.29, 1.82) is 0 Å². The molecule has 1 atom stereocenters. The lowest BCUT2D eigenvalue weighted by Crippen LogP contribution is -2.48. The van der Waals surface area contributed by atoms with E-state index in [2.05, 4.69) is 10.2 Å². The molecule has 0 saturated carbocycles. The second-order valence-electron chi connectivity index (χ2n) is 4.83. The van der Waals surface area contributed by atoms with Crippen LogP contribution in [0.5, 0.6) is 0 Å². The van der Waals surface area contributed by atoms with Crippen molar-refractivity contribution in [3.8, 4) is 0 Å². The smallest absolute Gasteiger partial charge is 0.390 e. The Labute approximate surface area is 106 Å². The Morgan fingerprint density at radius 2 is 1.94 bits per heavy atom. The highest BCUT2D eigenvalue weighted by Gasteiger charge is 2.27. The number of aliphatic hydroxyl groups is 1. The number of alkyl halides is 3. The Balaban J connectivity index is 2.16. The number of hydrogen-bond donors (Lipinski definition) is 2. The van der Waals surface area contributed by atoms with Gasteiger partial charge in [-0.3, -0.25) is 4.90 Å². The van der Waals surface area contributed by atoms with Crippen LogP contribution in [0.4, 0.5) is 13.2 Å². The average Bonchev–Trinajstić information content (AvgIpc) is 2.26. The van der Waals surface area contributed by atoms with Crippen molar-refractivity contribution in [3.63, 3.8) is 0 Å². The average molecular weight is 269 g/mol. The molecule has 1 rings (SSSR count). The molecule has 0 bridgehead atoms. The minimum Gasteiger partial charge on any atom is -0.390 e. The first-order valence-corrected chi connectivity index (χ1v) is 6.23. The van der Waals surface area contributed by atoms with Gasteiger partial charge in [-0.2, -0.15) is 13.2 Å². The highest BCUT2D eigenvalue weighted by Crippen LogP contribution is 2.19. The number of halogens is 3. The molecule has 0 aromatic carbocycles. The fourth-order valence-electron chi connectivity index (χ4n) is 2.02. The third kappa shape index (κ3) is 7.15. The van der Waals surface area contributed by atoms with E-state index in [1.54, 1.807) is 7.05 Å². The number of nitrogens with one attached hydrogen (secondary N) is 1. The molecule has 18 heavy (non-hydrogen) atoms. The lowest BCUT2D eigenvalue weighted by molar-refractivity contribution is -0.138. The van der Waals surface area contributed by atoms with E-state index >= 15 is 0 Å². The molecular weight excluding hydrogens is 247 g/mol. The van der Waals surface area contributed by atoms with Crippen LogP contribution in [0.15, 0.2) is 0 Å². The summed E-state index contributed by atoms with van der Waals surface area (Å²) in [5.74, 6) is 0. The van der Waals surface area contributed by atoms with E-state index in [-0.39, 0.29) is 13.1 Å². The lowest BCUT2D eigenvalue weighted by atomic mass is 10.2. The molecule has 0 amide bonds. The monoisotopic (exact) mass is 269 g/mol. The zero-order valence-electron chi connectivity index (χ0n) is 10.7. The van der Waals surface area contributed by atoms with Crippen LogP contribution < -0.4 is 5.32 Å². The van der Waals surface area contributed by atoms with Crippen LogP contribution in [0.1, 0.15) is 6.42 Å². The predicted molar refractivity (Wildman–Crippen MR) is 63.5 cm³/mol. The first-order valence-electron chi connectivity index (χ1n) is 6.23. The fourth-order valence-corrected chi connectivity index (χ4v) is 2.02. The van der Waals surface area contributed by atoms with Crippen LogP contribution in [0.2, 0.25) is 0 Å². The van der Waals surface area contributed by atoms with Crippen LogP contribution in [-0.4, -0.2) is 80.0 Å². The normalized spacial score (nSPS) is 20.3. The highest BCUT2D eigenvalue weighted by molar-refractivity contribution is 4.73. The largest absolute Gasteiger partial charge is 0.390 e. The Hall–Kier alpha value is -0.370. The van der Waals surface area contributed by atoms with E-state index in [0.717, 1.165) is 26.2 Å². The molecule has 2 N–H and O–H groups in total. The van der Waals surface area contributed by atoms with Crippen LogP contribution in [0.25, 0.3) is 0 Å². The van der Waals surface area contributed by atoms with E-state index < -0.39 is 18.7 Å². The van der Waals surface area contributed by atoms with Gasteiger partial charge in [-0.1, -0.05) is 0 Å². The second-order valence-corrected chi connectivity index (χ2v) is 4.83. The summed E-state index contributed by atoms with van der Waals surface area (Å²) >= 11 is 0. The number of aliphatic hydroxyl groups excluding tert-OH is 1. The van der Waals surface area contributed by atoms with Crippen LogP contribution in [0.3, 0.4) is 0 Å².